The molecule has 1 fully saturated rings. The molecule has 1 aromatic carbocycles. The molecule has 3 heteroatoms. The van der Waals surface area contributed by atoms with E-state index in [4.69, 9.17) is 9.47 Å². The summed E-state index contributed by atoms with van der Waals surface area (Å²) in [7, 11) is 1.69. The summed E-state index contributed by atoms with van der Waals surface area (Å²) in [5.74, 6) is 0.898. The van der Waals surface area contributed by atoms with E-state index in [-0.39, 0.29) is 11.7 Å². The highest BCUT2D eigenvalue weighted by molar-refractivity contribution is 5.28. The largest absolute Gasteiger partial charge is 0.497 e. The monoisotopic (exact) mass is 235 g/mol. The van der Waals surface area contributed by atoms with Crippen molar-refractivity contribution in [3.8, 4) is 5.75 Å². The summed E-state index contributed by atoms with van der Waals surface area (Å²) in [6, 6.07) is 8.20. The molecule has 2 rings (SSSR count). The maximum Gasteiger partial charge on any atom is 0.118 e. The first-order valence-corrected chi connectivity index (χ1v) is 6.13. The molecule has 2 atom stereocenters. The smallest absolute Gasteiger partial charge is 0.118 e. The molecule has 0 radical (unpaired) electrons. The van der Waals surface area contributed by atoms with E-state index in [0.29, 0.717) is 0 Å². The van der Waals surface area contributed by atoms with Crippen LogP contribution in [0, 0.1) is 0 Å². The van der Waals surface area contributed by atoms with Crippen LogP contribution in [0.3, 0.4) is 0 Å². The van der Waals surface area contributed by atoms with Gasteiger partial charge in [0.15, 0.2) is 0 Å². The van der Waals surface area contributed by atoms with Crippen molar-refractivity contribution in [2.75, 3.05) is 20.2 Å². The molecule has 1 aliphatic rings. The second-order valence-electron chi connectivity index (χ2n) is 5.03. The molecule has 1 aromatic rings. The Balaban J connectivity index is 2.03. The Labute approximate surface area is 103 Å². The van der Waals surface area contributed by atoms with Crippen LogP contribution >= 0.6 is 0 Å². The maximum absolute atomic E-state index is 6.04. The van der Waals surface area contributed by atoms with Crippen molar-refractivity contribution < 1.29 is 9.47 Å². The lowest BCUT2D eigenvalue weighted by molar-refractivity contribution is -0.0965. The molecule has 0 bridgehead atoms. The first-order valence-electron chi connectivity index (χ1n) is 6.13. The molecule has 0 aliphatic carbocycles. The predicted octanol–water partition coefficient (Wildman–Crippen LogP) is 2.00. The zero-order chi connectivity index (χ0) is 12.3. The summed E-state index contributed by atoms with van der Waals surface area (Å²) in [5.41, 5.74) is 1.18. The fourth-order valence-electron chi connectivity index (χ4n) is 2.39. The van der Waals surface area contributed by atoms with Crippen molar-refractivity contribution in [2.45, 2.75) is 32.0 Å². The van der Waals surface area contributed by atoms with Gasteiger partial charge in [0.25, 0.3) is 0 Å². The third-order valence-corrected chi connectivity index (χ3v) is 3.15. The van der Waals surface area contributed by atoms with Crippen LogP contribution < -0.4 is 10.1 Å². The summed E-state index contributed by atoms with van der Waals surface area (Å²) in [6.45, 7) is 6.12. The number of benzene rings is 1. The molecule has 1 aliphatic heterocycles. The lowest BCUT2D eigenvalue weighted by Gasteiger charge is -2.38. The van der Waals surface area contributed by atoms with E-state index in [1.54, 1.807) is 7.11 Å². The number of ether oxygens (including phenoxy) is 2. The molecule has 2 unspecified atom stereocenters. The fourth-order valence-corrected chi connectivity index (χ4v) is 2.39. The highest BCUT2D eigenvalue weighted by atomic mass is 16.5. The standard InChI is InChI=1S/C14H21NO2/c1-11-9-15-10-14(2,17-11)8-12-4-6-13(16-3)7-5-12/h4-7,11,15H,8-10H2,1-3H3. The van der Waals surface area contributed by atoms with E-state index in [0.717, 1.165) is 25.3 Å². The molecular weight excluding hydrogens is 214 g/mol. The van der Waals surface area contributed by atoms with Crippen molar-refractivity contribution in [2.24, 2.45) is 0 Å². The molecule has 17 heavy (non-hydrogen) atoms. The molecule has 1 saturated heterocycles. The van der Waals surface area contributed by atoms with Gasteiger partial charge >= 0.3 is 0 Å². The maximum atomic E-state index is 6.04. The minimum absolute atomic E-state index is 0.105. The Morgan fingerprint density at radius 3 is 2.71 bits per heavy atom. The Kier molecular flexibility index (Phi) is 3.69. The number of hydrogen-bond acceptors (Lipinski definition) is 3. The van der Waals surface area contributed by atoms with Crippen LogP contribution in [0.15, 0.2) is 24.3 Å². The lowest BCUT2D eigenvalue weighted by atomic mass is 9.94. The van der Waals surface area contributed by atoms with Crippen LogP contribution in [0.25, 0.3) is 0 Å². The van der Waals surface area contributed by atoms with E-state index in [1.807, 2.05) is 12.1 Å². The lowest BCUT2D eigenvalue weighted by Crippen LogP contribution is -2.52. The van der Waals surface area contributed by atoms with Gasteiger partial charge in [0.05, 0.1) is 18.8 Å². The number of hydrogen-bond donors (Lipinski definition) is 1. The Hall–Kier alpha value is -1.06. The molecule has 1 N–H and O–H groups in total. The van der Waals surface area contributed by atoms with Gasteiger partial charge in [-0.3, -0.25) is 0 Å². The Bertz CT molecular complexity index is 363. The third kappa shape index (κ3) is 3.20. The van der Waals surface area contributed by atoms with Crippen molar-refractivity contribution in [3.63, 3.8) is 0 Å². The fraction of sp³-hybridized carbons (Fsp3) is 0.571. The topological polar surface area (TPSA) is 30.5 Å². The van der Waals surface area contributed by atoms with Gasteiger partial charge in [-0.2, -0.15) is 0 Å². The van der Waals surface area contributed by atoms with E-state index in [2.05, 4.69) is 31.3 Å². The first kappa shape index (κ1) is 12.4. The normalized spacial score (nSPS) is 29.0. The van der Waals surface area contributed by atoms with Crippen LogP contribution in [0.1, 0.15) is 19.4 Å². The van der Waals surface area contributed by atoms with Gasteiger partial charge in [-0.1, -0.05) is 12.1 Å². The molecule has 0 spiro atoms. The third-order valence-electron chi connectivity index (χ3n) is 3.15. The molecular formula is C14H21NO2. The van der Waals surface area contributed by atoms with E-state index in [9.17, 15) is 0 Å². The van der Waals surface area contributed by atoms with Gasteiger partial charge in [-0.25, -0.2) is 0 Å². The number of methoxy groups -OCH3 is 1. The Morgan fingerprint density at radius 2 is 2.12 bits per heavy atom. The van der Waals surface area contributed by atoms with Gasteiger partial charge in [-0.15, -0.1) is 0 Å². The van der Waals surface area contributed by atoms with Crippen molar-refractivity contribution in [1.29, 1.82) is 0 Å². The molecule has 94 valence electrons. The highest BCUT2D eigenvalue weighted by Crippen LogP contribution is 2.23. The van der Waals surface area contributed by atoms with E-state index < -0.39 is 0 Å². The SMILES string of the molecule is COc1ccc(CC2(C)CNCC(C)O2)cc1. The summed E-state index contributed by atoms with van der Waals surface area (Å²) in [5, 5.41) is 3.42. The van der Waals surface area contributed by atoms with Crippen LogP contribution in [-0.2, 0) is 11.2 Å². The zero-order valence-electron chi connectivity index (χ0n) is 10.8. The average molecular weight is 235 g/mol. The van der Waals surface area contributed by atoms with Gasteiger partial charge in [0, 0.05) is 19.5 Å². The highest BCUT2D eigenvalue weighted by Gasteiger charge is 2.31. The predicted molar refractivity (Wildman–Crippen MR) is 68.5 cm³/mol. The minimum Gasteiger partial charge on any atom is -0.497 e. The Morgan fingerprint density at radius 1 is 1.41 bits per heavy atom. The first-order chi connectivity index (χ1) is 8.11. The molecule has 3 nitrogen and oxygen atoms in total. The van der Waals surface area contributed by atoms with E-state index >= 15 is 0 Å². The van der Waals surface area contributed by atoms with Gasteiger partial charge < -0.3 is 14.8 Å². The summed E-state index contributed by atoms with van der Waals surface area (Å²) >= 11 is 0. The van der Waals surface area contributed by atoms with Gasteiger partial charge in [0.2, 0.25) is 0 Å². The number of morpholine rings is 1. The van der Waals surface area contributed by atoms with Crippen LogP contribution in [0.4, 0.5) is 0 Å². The molecule has 0 saturated carbocycles. The van der Waals surface area contributed by atoms with Crippen molar-refractivity contribution >= 4 is 0 Å². The van der Waals surface area contributed by atoms with Crippen molar-refractivity contribution in [3.05, 3.63) is 29.8 Å². The summed E-state index contributed by atoms with van der Waals surface area (Å²) < 4.78 is 11.2. The zero-order valence-corrected chi connectivity index (χ0v) is 10.8. The molecule has 0 amide bonds. The second-order valence-corrected chi connectivity index (χ2v) is 5.03. The quantitative estimate of drug-likeness (QED) is 0.869. The van der Waals surface area contributed by atoms with Crippen LogP contribution in [-0.4, -0.2) is 31.9 Å². The summed E-state index contributed by atoms with van der Waals surface area (Å²) in [6.07, 6.45) is 1.21. The minimum atomic E-state index is -0.105. The summed E-state index contributed by atoms with van der Waals surface area (Å²) in [4.78, 5) is 0. The van der Waals surface area contributed by atoms with Crippen LogP contribution in [0.5, 0.6) is 5.75 Å². The molecule has 0 aromatic heterocycles. The molecule has 1 heterocycles. The second kappa shape index (κ2) is 5.07. The van der Waals surface area contributed by atoms with Crippen molar-refractivity contribution in [1.82, 2.24) is 5.32 Å². The van der Waals surface area contributed by atoms with Gasteiger partial charge in [-0.05, 0) is 31.5 Å². The number of nitrogens with one attached hydrogen (secondary N) is 1. The average Bonchev–Trinajstić information content (AvgIpc) is 2.29. The van der Waals surface area contributed by atoms with Crippen LogP contribution in [0.2, 0.25) is 0 Å². The van der Waals surface area contributed by atoms with E-state index in [1.165, 1.54) is 5.56 Å². The number of rotatable bonds is 3. The van der Waals surface area contributed by atoms with Gasteiger partial charge in [0.1, 0.15) is 5.75 Å².